The molecule has 2 bridgehead atoms. The summed E-state index contributed by atoms with van der Waals surface area (Å²) in [4.78, 5) is 42.2. The van der Waals surface area contributed by atoms with Gasteiger partial charge < -0.3 is 19.4 Å². The summed E-state index contributed by atoms with van der Waals surface area (Å²) in [6.45, 7) is 12.5. The summed E-state index contributed by atoms with van der Waals surface area (Å²) in [6.07, 6.45) is 3.08. The first-order valence-electron chi connectivity index (χ1n) is 10.3. The van der Waals surface area contributed by atoms with Crippen LogP contribution >= 0.6 is 0 Å². The lowest BCUT2D eigenvalue weighted by Crippen LogP contribution is -2.39. The maximum absolute atomic E-state index is 12.8. The summed E-state index contributed by atoms with van der Waals surface area (Å²) in [5.74, 6) is -1.27. The van der Waals surface area contributed by atoms with Crippen molar-refractivity contribution in [3.05, 3.63) is 22.5 Å². The Labute approximate surface area is 172 Å². The van der Waals surface area contributed by atoms with Crippen LogP contribution in [-0.2, 0) is 14.3 Å². The van der Waals surface area contributed by atoms with Gasteiger partial charge in [-0.15, -0.1) is 0 Å². The van der Waals surface area contributed by atoms with Crippen molar-refractivity contribution in [2.75, 3.05) is 19.8 Å². The van der Waals surface area contributed by atoms with Crippen molar-refractivity contribution < 1.29 is 23.9 Å². The fourth-order valence-corrected chi connectivity index (χ4v) is 5.50. The smallest absolute Gasteiger partial charge is 0.355 e. The highest BCUT2D eigenvalue weighted by Crippen LogP contribution is 2.52. The zero-order valence-corrected chi connectivity index (χ0v) is 18.3. The lowest BCUT2D eigenvalue weighted by Gasteiger charge is -2.39. The summed E-state index contributed by atoms with van der Waals surface area (Å²) >= 11 is 0. The van der Waals surface area contributed by atoms with E-state index in [1.54, 1.807) is 20.8 Å². The van der Waals surface area contributed by atoms with Gasteiger partial charge in [-0.3, -0.25) is 4.79 Å². The zero-order chi connectivity index (χ0) is 21.6. The van der Waals surface area contributed by atoms with Gasteiger partial charge in [0.05, 0.1) is 12.2 Å². The third kappa shape index (κ3) is 4.19. The Balaban J connectivity index is 1.66. The average Bonchev–Trinajstić information content (AvgIpc) is 3.04. The van der Waals surface area contributed by atoms with Crippen molar-refractivity contribution in [3.8, 4) is 0 Å². The maximum atomic E-state index is 12.8. The van der Waals surface area contributed by atoms with Gasteiger partial charge in [0.25, 0.3) is 5.91 Å². The normalized spacial score (nSPS) is 25.0. The molecule has 7 heteroatoms. The molecule has 0 aromatic carbocycles. The number of aryl methyl sites for hydroxylation is 1. The van der Waals surface area contributed by atoms with Crippen LogP contribution in [0, 0.1) is 24.7 Å². The first-order valence-corrected chi connectivity index (χ1v) is 10.3. The Morgan fingerprint density at radius 1 is 1.10 bits per heavy atom. The highest BCUT2D eigenvalue weighted by Gasteiger charge is 2.51. The van der Waals surface area contributed by atoms with Crippen LogP contribution in [0.15, 0.2) is 0 Å². The standard InChI is InChI=1S/C22H32N2O5/c1-7-28-20(27)18-13(2)17(14(3)23-18)19(26)29-10-16(25)24-12-22(6)9-15(24)8-21(4,5)11-22/h15,23H,7-12H2,1-6H3/t15-,22-/m0/s1. The third-order valence-electron chi connectivity index (χ3n) is 6.18. The summed E-state index contributed by atoms with van der Waals surface area (Å²) < 4.78 is 10.4. The number of hydrogen-bond acceptors (Lipinski definition) is 5. The minimum atomic E-state index is -0.603. The SMILES string of the molecule is CCOC(=O)c1[nH]c(C)c(C(=O)OCC(=O)N2C[C@@]3(C)C[C@@H]2CC(C)(C)C3)c1C. The van der Waals surface area contributed by atoms with Gasteiger partial charge in [0.2, 0.25) is 0 Å². The van der Waals surface area contributed by atoms with Crippen LogP contribution in [0.25, 0.3) is 0 Å². The fraction of sp³-hybridized carbons (Fsp3) is 0.682. The molecule has 0 unspecified atom stereocenters. The number of ether oxygens (including phenoxy) is 2. The second-order valence-electron chi connectivity index (χ2n) is 9.66. The molecule has 1 saturated heterocycles. The number of aromatic nitrogens is 1. The Kier molecular flexibility index (Phi) is 5.54. The first-order chi connectivity index (χ1) is 13.5. The van der Waals surface area contributed by atoms with Crippen LogP contribution < -0.4 is 0 Å². The first kappa shape index (κ1) is 21.4. The lowest BCUT2D eigenvalue weighted by molar-refractivity contribution is -0.135. The number of likely N-dealkylation sites (tertiary alicyclic amines) is 1. The van der Waals surface area contributed by atoms with Crippen molar-refractivity contribution in [3.63, 3.8) is 0 Å². The van der Waals surface area contributed by atoms with E-state index in [0.29, 0.717) is 17.8 Å². The Bertz CT molecular complexity index is 841. The van der Waals surface area contributed by atoms with E-state index in [1.165, 1.54) is 0 Å². The number of fused-ring (bicyclic) bond motifs is 2. The van der Waals surface area contributed by atoms with E-state index in [9.17, 15) is 14.4 Å². The molecule has 1 aliphatic carbocycles. The van der Waals surface area contributed by atoms with Crippen LogP contribution in [-0.4, -0.2) is 53.5 Å². The molecule has 2 heterocycles. The van der Waals surface area contributed by atoms with Crippen LogP contribution in [0.5, 0.6) is 0 Å². The number of esters is 2. The molecule has 29 heavy (non-hydrogen) atoms. The Morgan fingerprint density at radius 2 is 1.79 bits per heavy atom. The fourth-order valence-electron chi connectivity index (χ4n) is 5.50. The zero-order valence-electron chi connectivity index (χ0n) is 18.3. The van der Waals surface area contributed by atoms with Crippen LogP contribution in [0.3, 0.4) is 0 Å². The maximum Gasteiger partial charge on any atom is 0.355 e. The number of H-pyrrole nitrogens is 1. The van der Waals surface area contributed by atoms with Gasteiger partial charge in [0.1, 0.15) is 5.69 Å². The van der Waals surface area contributed by atoms with Gasteiger partial charge in [0, 0.05) is 18.3 Å². The molecule has 0 radical (unpaired) electrons. The topological polar surface area (TPSA) is 88.7 Å². The molecule has 160 valence electrons. The molecule has 7 nitrogen and oxygen atoms in total. The number of carbonyl (C=O) groups is 3. The van der Waals surface area contributed by atoms with Crippen LogP contribution in [0.2, 0.25) is 0 Å². The molecule has 1 amide bonds. The van der Waals surface area contributed by atoms with Gasteiger partial charge in [0.15, 0.2) is 6.61 Å². The predicted molar refractivity (Wildman–Crippen MR) is 108 cm³/mol. The number of aromatic amines is 1. The molecule has 1 aromatic heterocycles. The number of hydrogen-bond donors (Lipinski definition) is 1. The lowest BCUT2D eigenvalue weighted by atomic mass is 9.65. The minimum Gasteiger partial charge on any atom is -0.461 e. The van der Waals surface area contributed by atoms with Gasteiger partial charge in [-0.05, 0) is 56.4 Å². The monoisotopic (exact) mass is 404 g/mol. The van der Waals surface area contributed by atoms with Gasteiger partial charge in [-0.2, -0.15) is 0 Å². The molecule has 1 N–H and O–H groups in total. The molecular formula is C22H32N2O5. The van der Waals surface area contributed by atoms with Crippen molar-refractivity contribution in [2.45, 2.75) is 66.8 Å². The summed E-state index contributed by atoms with van der Waals surface area (Å²) in [5, 5.41) is 0. The van der Waals surface area contributed by atoms with E-state index >= 15 is 0 Å². The van der Waals surface area contributed by atoms with Crippen molar-refractivity contribution in [1.82, 2.24) is 9.88 Å². The summed E-state index contributed by atoms with van der Waals surface area (Å²) in [6, 6.07) is 0.209. The molecule has 1 saturated carbocycles. The third-order valence-corrected chi connectivity index (χ3v) is 6.18. The highest BCUT2D eigenvalue weighted by atomic mass is 16.5. The van der Waals surface area contributed by atoms with Gasteiger partial charge >= 0.3 is 11.9 Å². The van der Waals surface area contributed by atoms with Crippen LogP contribution in [0.1, 0.15) is 79.1 Å². The van der Waals surface area contributed by atoms with Crippen LogP contribution in [0.4, 0.5) is 0 Å². The largest absolute Gasteiger partial charge is 0.461 e. The van der Waals surface area contributed by atoms with E-state index in [-0.39, 0.29) is 47.3 Å². The molecular weight excluding hydrogens is 372 g/mol. The predicted octanol–water partition coefficient (Wildman–Crippen LogP) is 3.39. The minimum absolute atomic E-state index is 0.133. The molecule has 2 fully saturated rings. The molecule has 3 rings (SSSR count). The second kappa shape index (κ2) is 7.50. The van der Waals surface area contributed by atoms with Crippen molar-refractivity contribution >= 4 is 17.8 Å². The Morgan fingerprint density at radius 3 is 2.45 bits per heavy atom. The summed E-state index contributed by atoms with van der Waals surface area (Å²) in [7, 11) is 0. The number of amides is 1. The molecule has 2 atom stereocenters. The van der Waals surface area contributed by atoms with Gasteiger partial charge in [-0.1, -0.05) is 20.8 Å². The molecule has 1 aromatic rings. The number of nitrogens with one attached hydrogen (secondary N) is 1. The molecule has 2 aliphatic rings. The van der Waals surface area contributed by atoms with E-state index in [1.807, 2.05) is 4.90 Å². The van der Waals surface area contributed by atoms with E-state index in [2.05, 4.69) is 25.8 Å². The van der Waals surface area contributed by atoms with E-state index in [4.69, 9.17) is 9.47 Å². The van der Waals surface area contributed by atoms with E-state index < -0.39 is 11.9 Å². The average molecular weight is 405 g/mol. The second-order valence-corrected chi connectivity index (χ2v) is 9.66. The van der Waals surface area contributed by atoms with Gasteiger partial charge in [-0.25, -0.2) is 9.59 Å². The number of carbonyl (C=O) groups excluding carboxylic acids is 3. The summed E-state index contributed by atoms with van der Waals surface area (Å²) in [5.41, 5.74) is 1.87. The Hall–Kier alpha value is -2.31. The van der Waals surface area contributed by atoms with E-state index in [0.717, 1.165) is 19.3 Å². The molecule has 1 aliphatic heterocycles. The van der Waals surface area contributed by atoms with Crippen molar-refractivity contribution in [2.24, 2.45) is 10.8 Å². The number of rotatable bonds is 5. The highest BCUT2D eigenvalue weighted by molar-refractivity contribution is 5.99. The number of nitrogens with zero attached hydrogens (tertiary/aromatic N) is 1. The quantitative estimate of drug-likeness (QED) is 0.760. The van der Waals surface area contributed by atoms with Crippen molar-refractivity contribution in [1.29, 1.82) is 0 Å². The molecule has 0 spiro atoms.